The van der Waals surface area contributed by atoms with E-state index in [0.717, 1.165) is 11.5 Å². The smallest absolute Gasteiger partial charge is 0.123 e. The summed E-state index contributed by atoms with van der Waals surface area (Å²) in [7, 11) is 0. The van der Waals surface area contributed by atoms with Crippen LogP contribution in [0.4, 0.5) is 4.39 Å². The third kappa shape index (κ3) is 3.46. The molecule has 0 radical (unpaired) electrons. The Labute approximate surface area is 128 Å². The van der Waals surface area contributed by atoms with E-state index in [9.17, 15) is 4.39 Å². The fourth-order valence-electron chi connectivity index (χ4n) is 4.11. The lowest BCUT2D eigenvalue weighted by Gasteiger charge is -2.44. The second kappa shape index (κ2) is 6.89. The number of benzene rings is 1. The highest BCUT2D eigenvalue weighted by atomic mass is 19.1. The predicted octanol–water partition coefficient (Wildman–Crippen LogP) is 4.15. The van der Waals surface area contributed by atoms with Gasteiger partial charge in [-0.05, 0) is 36.0 Å². The summed E-state index contributed by atoms with van der Waals surface area (Å²) < 4.78 is 13.2. The summed E-state index contributed by atoms with van der Waals surface area (Å²) in [5, 5.41) is 0. The van der Waals surface area contributed by atoms with Crippen molar-refractivity contribution >= 4 is 0 Å². The number of nitrogens with two attached hydrogens (primary N) is 1. The van der Waals surface area contributed by atoms with Gasteiger partial charge in [-0.15, -0.1) is 0 Å². The van der Waals surface area contributed by atoms with Crippen molar-refractivity contribution < 1.29 is 4.39 Å². The molecule has 1 aliphatic carbocycles. The first-order valence-electron chi connectivity index (χ1n) is 8.22. The first-order valence-corrected chi connectivity index (χ1v) is 8.22. The average molecular weight is 292 g/mol. The quantitative estimate of drug-likeness (QED) is 0.632. The van der Waals surface area contributed by atoms with Crippen molar-refractivity contribution in [2.75, 3.05) is 0 Å². The van der Waals surface area contributed by atoms with Crippen LogP contribution in [0.3, 0.4) is 0 Å². The highest BCUT2D eigenvalue weighted by Gasteiger charge is 2.40. The van der Waals surface area contributed by atoms with Crippen LogP contribution < -0.4 is 11.3 Å². The van der Waals surface area contributed by atoms with Crippen LogP contribution in [0.25, 0.3) is 0 Å². The van der Waals surface area contributed by atoms with Crippen LogP contribution in [-0.4, -0.2) is 6.04 Å². The van der Waals surface area contributed by atoms with Gasteiger partial charge in [0.1, 0.15) is 5.82 Å². The second-order valence-electron chi connectivity index (χ2n) is 6.99. The van der Waals surface area contributed by atoms with Gasteiger partial charge < -0.3 is 0 Å². The molecule has 2 rings (SSSR count). The van der Waals surface area contributed by atoms with Crippen LogP contribution in [0.2, 0.25) is 0 Å². The zero-order valence-electron chi connectivity index (χ0n) is 13.5. The highest BCUT2D eigenvalue weighted by molar-refractivity contribution is 5.27. The molecule has 2 nitrogen and oxygen atoms in total. The molecule has 1 saturated carbocycles. The molecule has 0 bridgehead atoms. The summed E-state index contributed by atoms with van der Waals surface area (Å²) in [4.78, 5) is 0. The molecule has 1 aliphatic rings. The number of rotatable bonds is 5. The van der Waals surface area contributed by atoms with Gasteiger partial charge in [0.2, 0.25) is 0 Å². The van der Waals surface area contributed by atoms with Crippen molar-refractivity contribution in [2.24, 2.45) is 17.7 Å². The van der Waals surface area contributed by atoms with Gasteiger partial charge in [0, 0.05) is 11.5 Å². The number of hydrogen-bond acceptors (Lipinski definition) is 2. The molecule has 21 heavy (non-hydrogen) atoms. The van der Waals surface area contributed by atoms with Crippen molar-refractivity contribution in [3.8, 4) is 0 Å². The van der Waals surface area contributed by atoms with Crippen LogP contribution >= 0.6 is 0 Å². The molecule has 0 saturated heterocycles. The Bertz CT molecular complexity index is 441. The number of hydrazine groups is 1. The summed E-state index contributed by atoms with van der Waals surface area (Å²) in [5.41, 5.74) is 4.13. The molecule has 3 atom stereocenters. The molecule has 0 heterocycles. The van der Waals surface area contributed by atoms with Crippen LogP contribution in [0.5, 0.6) is 0 Å². The maximum absolute atomic E-state index is 13.2. The van der Waals surface area contributed by atoms with Crippen LogP contribution in [0.15, 0.2) is 24.3 Å². The second-order valence-corrected chi connectivity index (χ2v) is 6.99. The average Bonchev–Trinajstić information content (AvgIpc) is 2.48. The van der Waals surface area contributed by atoms with Crippen molar-refractivity contribution in [1.29, 1.82) is 0 Å². The lowest BCUT2D eigenvalue weighted by atomic mass is 9.65. The Hall–Kier alpha value is -0.930. The molecule has 0 aliphatic heterocycles. The fraction of sp³-hybridized carbons (Fsp3) is 0.667. The van der Waals surface area contributed by atoms with Gasteiger partial charge in [0.25, 0.3) is 0 Å². The molecule has 1 aromatic carbocycles. The summed E-state index contributed by atoms with van der Waals surface area (Å²) in [6.45, 7) is 6.71. The summed E-state index contributed by atoms with van der Waals surface area (Å²) in [6.07, 6.45) is 6.38. The van der Waals surface area contributed by atoms with E-state index in [1.807, 2.05) is 12.1 Å². The Balaban J connectivity index is 2.27. The van der Waals surface area contributed by atoms with Crippen LogP contribution in [0, 0.1) is 17.7 Å². The molecular formula is C18H29FN2. The maximum Gasteiger partial charge on any atom is 0.123 e. The van der Waals surface area contributed by atoms with E-state index in [2.05, 4.69) is 26.2 Å². The Kier molecular flexibility index (Phi) is 5.39. The van der Waals surface area contributed by atoms with Crippen molar-refractivity contribution in [3.63, 3.8) is 0 Å². The van der Waals surface area contributed by atoms with Crippen LogP contribution in [-0.2, 0) is 5.41 Å². The van der Waals surface area contributed by atoms with E-state index >= 15 is 0 Å². The van der Waals surface area contributed by atoms with Gasteiger partial charge >= 0.3 is 0 Å². The van der Waals surface area contributed by atoms with E-state index < -0.39 is 0 Å². The zero-order chi connectivity index (χ0) is 15.5. The maximum atomic E-state index is 13.2. The van der Waals surface area contributed by atoms with Gasteiger partial charge in [-0.3, -0.25) is 11.3 Å². The predicted molar refractivity (Wildman–Crippen MR) is 86.3 cm³/mol. The molecule has 0 aromatic heterocycles. The zero-order valence-corrected chi connectivity index (χ0v) is 13.5. The van der Waals surface area contributed by atoms with Gasteiger partial charge in [0.15, 0.2) is 0 Å². The minimum Gasteiger partial charge on any atom is -0.271 e. The Morgan fingerprint density at radius 1 is 1.24 bits per heavy atom. The van der Waals surface area contributed by atoms with E-state index in [-0.39, 0.29) is 17.3 Å². The monoisotopic (exact) mass is 292 g/mol. The third-order valence-corrected chi connectivity index (χ3v) is 5.47. The minimum absolute atomic E-state index is 0.113. The van der Waals surface area contributed by atoms with Crippen molar-refractivity contribution in [1.82, 2.24) is 5.43 Å². The van der Waals surface area contributed by atoms with Gasteiger partial charge in [-0.1, -0.05) is 58.6 Å². The Morgan fingerprint density at radius 2 is 1.86 bits per heavy atom. The molecular weight excluding hydrogens is 263 g/mol. The van der Waals surface area contributed by atoms with Crippen molar-refractivity contribution in [2.45, 2.75) is 64.3 Å². The molecule has 0 amide bonds. The summed E-state index contributed by atoms with van der Waals surface area (Å²) in [5.74, 6) is 7.09. The third-order valence-electron chi connectivity index (χ3n) is 5.47. The topological polar surface area (TPSA) is 38.0 Å². The fourth-order valence-corrected chi connectivity index (χ4v) is 4.11. The molecule has 3 heteroatoms. The minimum atomic E-state index is -0.184. The standard InChI is InChI=1S/C18H29FN2/c1-4-13-7-5-6-8-16(13)17(21-20)18(2,3)14-9-11-15(19)12-10-14/h9-13,16-17,21H,4-8,20H2,1-3H3. The number of nitrogens with one attached hydrogen (secondary N) is 1. The van der Waals surface area contributed by atoms with Gasteiger partial charge in [-0.2, -0.15) is 0 Å². The molecule has 0 spiro atoms. The summed E-state index contributed by atoms with van der Waals surface area (Å²) >= 11 is 0. The van der Waals surface area contributed by atoms with Gasteiger partial charge in [0.05, 0.1) is 0 Å². The van der Waals surface area contributed by atoms with Crippen LogP contribution in [0.1, 0.15) is 58.4 Å². The molecule has 118 valence electrons. The SMILES string of the molecule is CCC1CCCCC1C(NN)C(C)(C)c1ccc(F)cc1. The number of hydrogen-bond donors (Lipinski definition) is 2. The number of halogens is 1. The lowest BCUT2D eigenvalue weighted by molar-refractivity contribution is 0.131. The van der Waals surface area contributed by atoms with E-state index in [1.54, 1.807) is 12.1 Å². The van der Waals surface area contributed by atoms with E-state index in [0.29, 0.717) is 5.92 Å². The molecule has 3 N–H and O–H groups in total. The largest absolute Gasteiger partial charge is 0.271 e. The van der Waals surface area contributed by atoms with E-state index in [1.165, 1.54) is 32.1 Å². The highest BCUT2D eigenvalue weighted by Crippen LogP contribution is 2.41. The van der Waals surface area contributed by atoms with Gasteiger partial charge in [-0.25, -0.2) is 4.39 Å². The first-order chi connectivity index (χ1) is 10.0. The van der Waals surface area contributed by atoms with Crippen molar-refractivity contribution in [3.05, 3.63) is 35.6 Å². The normalized spacial score (nSPS) is 24.8. The first kappa shape index (κ1) is 16.4. The Morgan fingerprint density at radius 3 is 2.43 bits per heavy atom. The molecule has 3 unspecified atom stereocenters. The lowest BCUT2D eigenvalue weighted by Crippen LogP contribution is -2.54. The summed E-state index contributed by atoms with van der Waals surface area (Å²) in [6, 6.07) is 7.09. The molecule has 1 aromatic rings. The molecule has 1 fully saturated rings. The van der Waals surface area contributed by atoms with E-state index in [4.69, 9.17) is 5.84 Å².